The molecule has 0 aliphatic rings. The van der Waals surface area contributed by atoms with Gasteiger partial charge in [-0.05, 0) is 35.9 Å². The molecule has 2 rings (SSSR count). The predicted molar refractivity (Wildman–Crippen MR) is 77.7 cm³/mol. The standard InChI is InChI=1S/C16H15F2NO/c1-19(2)12-6-3-11(4-7-12)5-8-13-14(17)9-10-15(20)16(13)18/h3-10,20H,1-2H3/b8-5+. The Bertz CT molecular complexity index is 634. The molecule has 0 aliphatic carbocycles. The molecular weight excluding hydrogens is 260 g/mol. The topological polar surface area (TPSA) is 23.5 Å². The quantitative estimate of drug-likeness (QED) is 0.859. The van der Waals surface area contributed by atoms with Gasteiger partial charge in [-0.2, -0.15) is 0 Å². The molecule has 0 aromatic heterocycles. The summed E-state index contributed by atoms with van der Waals surface area (Å²) in [6, 6.07) is 9.56. The summed E-state index contributed by atoms with van der Waals surface area (Å²) in [5.41, 5.74) is 1.61. The highest BCUT2D eigenvalue weighted by atomic mass is 19.1. The molecule has 4 heteroatoms. The number of nitrogens with zero attached hydrogens (tertiary/aromatic N) is 1. The van der Waals surface area contributed by atoms with Gasteiger partial charge in [0.25, 0.3) is 0 Å². The van der Waals surface area contributed by atoms with E-state index in [0.717, 1.165) is 23.4 Å². The highest BCUT2D eigenvalue weighted by Gasteiger charge is 2.10. The predicted octanol–water partition coefficient (Wildman–Crippen LogP) is 3.91. The minimum Gasteiger partial charge on any atom is -0.505 e. The molecule has 0 amide bonds. The van der Waals surface area contributed by atoms with Crippen molar-refractivity contribution in [2.24, 2.45) is 0 Å². The third kappa shape index (κ3) is 2.96. The van der Waals surface area contributed by atoms with Crippen molar-refractivity contribution >= 4 is 17.8 Å². The van der Waals surface area contributed by atoms with E-state index in [1.807, 2.05) is 43.3 Å². The van der Waals surface area contributed by atoms with E-state index in [0.29, 0.717) is 0 Å². The van der Waals surface area contributed by atoms with Crippen molar-refractivity contribution in [3.05, 3.63) is 59.2 Å². The number of hydrogen-bond acceptors (Lipinski definition) is 2. The third-order valence-corrected chi connectivity index (χ3v) is 2.96. The van der Waals surface area contributed by atoms with Crippen LogP contribution in [0.15, 0.2) is 36.4 Å². The number of halogens is 2. The lowest BCUT2D eigenvalue weighted by Gasteiger charge is -2.11. The number of aromatic hydroxyl groups is 1. The Labute approximate surface area is 116 Å². The van der Waals surface area contributed by atoms with Gasteiger partial charge >= 0.3 is 0 Å². The molecule has 104 valence electrons. The molecule has 2 aromatic rings. The minimum absolute atomic E-state index is 0.248. The molecule has 0 unspecified atom stereocenters. The molecule has 2 nitrogen and oxygen atoms in total. The monoisotopic (exact) mass is 275 g/mol. The molecule has 0 atom stereocenters. The van der Waals surface area contributed by atoms with E-state index < -0.39 is 17.4 Å². The van der Waals surface area contributed by atoms with Gasteiger partial charge in [0.05, 0.1) is 0 Å². The van der Waals surface area contributed by atoms with Gasteiger partial charge in [-0.15, -0.1) is 0 Å². The molecule has 0 saturated carbocycles. The Morgan fingerprint density at radius 1 is 0.950 bits per heavy atom. The fraction of sp³-hybridized carbons (Fsp3) is 0.125. The maximum Gasteiger partial charge on any atom is 0.174 e. The average molecular weight is 275 g/mol. The fourth-order valence-electron chi connectivity index (χ4n) is 1.77. The molecule has 0 spiro atoms. The van der Waals surface area contributed by atoms with Crippen LogP contribution >= 0.6 is 0 Å². The maximum atomic E-state index is 13.6. The summed E-state index contributed by atoms with van der Waals surface area (Å²) in [6.45, 7) is 0. The van der Waals surface area contributed by atoms with Crippen LogP contribution in [-0.2, 0) is 0 Å². The minimum atomic E-state index is -0.953. The van der Waals surface area contributed by atoms with Crippen LogP contribution in [0.5, 0.6) is 5.75 Å². The summed E-state index contributed by atoms with van der Waals surface area (Å²) in [4.78, 5) is 1.96. The Hall–Kier alpha value is -2.36. The van der Waals surface area contributed by atoms with Crippen molar-refractivity contribution in [2.75, 3.05) is 19.0 Å². The lowest BCUT2D eigenvalue weighted by Crippen LogP contribution is -2.07. The van der Waals surface area contributed by atoms with E-state index >= 15 is 0 Å². The number of phenolic OH excluding ortho intramolecular Hbond substituents is 1. The van der Waals surface area contributed by atoms with E-state index in [1.165, 1.54) is 6.08 Å². The second-order valence-corrected chi connectivity index (χ2v) is 4.61. The molecule has 1 N–H and O–H groups in total. The lowest BCUT2D eigenvalue weighted by molar-refractivity contribution is 0.427. The SMILES string of the molecule is CN(C)c1ccc(/C=C/c2c(F)ccc(O)c2F)cc1. The van der Waals surface area contributed by atoms with Crippen LogP contribution in [-0.4, -0.2) is 19.2 Å². The number of rotatable bonds is 3. The molecule has 0 radical (unpaired) electrons. The van der Waals surface area contributed by atoms with E-state index in [2.05, 4.69) is 0 Å². The lowest BCUT2D eigenvalue weighted by atomic mass is 10.1. The van der Waals surface area contributed by atoms with Crippen LogP contribution < -0.4 is 4.90 Å². The first-order valence-corrected chi connectivity index (χ1v) is 6.11. The number of hydrogen-bond donors (Lipinski definition) is 1. The van der Waals surface area contributed by atoms with Crippen molar-refractivity contribution in [3.63, 3.8) is 0 Å². The largest absolute Gasteiger partial charge is 0.505 e. The van der Waals surface area contributed by atoms with Crippen molar-refractivity contribution in [3.8, 4) is 5.75 Å². The Balaban J connectivity index is 2.28. The van der Waals surface area contributed by atoms with Gasteiger partial charge < -0.3 is 10.0 Å². The third-order valence-electron chi connectivity index (χ3n) is 2.96. The van der Waals surface area contributed by atoms with Crippen LogP contribution in [0.1, 0.15) is 11.1 Å². The maximum absolute atomic E-state index is 13.6. The highest BCUT2D eigenvalue weighted by molar-refractivity contribution is 5.71. The average Bonchev–Trinajstić information content (AvgIpc) is 2.43. The molecule has 0 heterocycles. The molecule has 2 aromatic carbocycles. The van der Waals surface area contributed by atoms with E-state index in [-0.39, 0.29) is 5.56 Å². The Kier molecular flexibility index (Phi) is 4.03. The van der Waals surface area contributed by atoms with Crippen molar-refractivity contribution in [2.45, 2.75) is 0 Å². The number of anilines is 1. The van der Waals surface area contributed by atoms with Crippen LogP contribution in [0, 0.1) is 11.6 Å². The summed E-state index contributed by atoms with van der Waals surface area (Å²) in [6.07, 6.45) is 2.91. The van der Waals surface area contributed by atoms with Crippen LogP contribution in [0.4, 0.5) is 14.5 Å². The van der Waals surface area contributed by atoms with E-state index in [9.17, 15) is 13.9 Å². The van der Waals surface area contributed by atoms with Gasteiger partial charge in [-0.1, -0.05) is 18.2 Å². The van der Waals surface area contributed by atoms with Crippen LogP contribution in [0.3, 0.4) is 0 Å². The fourth-order valence-corrected chi connectivity index (χ4v) is 1.77. The first kappa shape index (κ1) is 14.1. The van der Waals surface area contributed by atoms with Gasteiger partial charge in [-0.3, -0.25) is 0 Å². The molecule has 0 saturated heterocycles. The molecule has 20 heavy (non-hydrogen) atoms. The molecule has 0 fully saturated rings. The summed E-state index contributed by atoms with van der Waals surface area (Å²) in [5, 5.41) is 9.24. The van der Waals surface area contributed by atoms with Gasteiger partial charge in [0.2, 0.25) is 0 Å². The zero-order valence-electron chi connectivity index (χ0n) is 11.3. The van der Waals surface area contributed by atoms with Gasteiger partial charge in [0.15, 0.2) is 11.6 Å². The molecule has 0 bridgehead atoms. The van der Waals surface area contributed by atoms with Gasteiger partial charge in [0, 0.05) is 25.3 Å². The second kappa shape index (κ2) is 5.74. The van der Waals surface area contributed by atoms with Crippen LogP contribution in [0.25, 0.3) is 12.2 Å². The van der Waals surface area contributed by atoms with Crippen molar-refractivity contribution in [1.82, 2.24) is 0 Å². The second-order valence-electron chi connectivity index (χ2n) is 4.61. The molecule has 0 aliphatic heterocycles. The van der Waals surface area contributed by atoms with Gasteiger partial charge in [0.1, 0.15) is 5.82 Å². The van der Waals surface area contributed by atoms with Gasteiger partial charge in [-0.25, -0.2) is 8.78 Å². The van der Waals surface area contributed by atoms with Crippen molar-refractivity contribution in [1.29, 1.82) is 0 Å². The Morgan fingerprint density at radius 3 is 2.20 bits per heavy atom. The summed E-state index contributed by atoms with van der Waals surface area (Å²) < 4.78 is 27.1. The van der Waals surface area contributed by atoms with E-state index in [4.69, 9.17) is 0 Å². The smallest absolute Gasteiger partial charge is 0.174 e. The van der Waals surface area contributed by atoms with Crippen LogP contribution in [0.2, 0.25) is 0 Å². The zero-order valence-corrected chi connectivity index (χ0v) is 11.3. The first-order chi connectivity index (χ1) is 9.49. The summed E-state index contributed by atoms with van der Waals surface area (Å²) in [5.74, 6) is -2.22. The Morgan fingerprint density at radius 2 is 1.60 bits per heavy atom. The zero-order chi connectivity index (χ0) is 14.7. The molecular formula is C16H15F2NO. The summed E-state index contributed by atoms with van der Waals surface area (Å²) in [7, 11) is 3.87. The summed E-state index contributed by atoms with van der Waals surface area (Å²) >= 11 is 0. The highest BCUT2D eigenvalue weighted by Crippen LogP contribution is 2.24. The first-order valence-electron chi connectivity index (χ1n) is 6.11. The number of phenols is 1. The normalized spacial score (nSPS) is 11.0. The number of benzene rings is 2. The van der Waals surface area contributed by atoms with E-state index in [1.54, 1.807) is 6.08 Å². The van der Waals surface area contributed by atoms with Crippen molar-refractivity contribution < 1.29 is 13.9 Å².